The van der Waals surface area contributed by atoms with Gasteiger partial charge in [0.2, 0.25) is 0 Å². The Kier molecular flexibility index (Phi) is 2.79. The third kappa shape index (κ3) is 2.57. The molecule has 1 aliphatic rings. The number of rotatable bonds is 4. The van der Waals surface area contributed by atoms with Crippen LogP contribution in [0.4, 0.5) is 0 Å². The molecule has 0 atom stereocenters. The Labute approximate surface area is 89.4 Å². The van der Waals surface area contributed by atoms with Gasteiger partial charge >= 0.3 is 0 Å². The standard InChI is InChI=1S/C9H15N3O2S/c1-15(13,14)3-2-12-7-11-6-9(12)8-4-10-5-8/h6-8,10H,2-5H2,1H3. The first-order valence-electron chi connectivity index (χ1n) is 4.95. The predicted molar refractivity (Wildman–Crippen MR) is 57.5 cm³/mol. The number of nitrogens with one attached hydrogen (secondary N) is 1. The molecule has 15 heavy (non-hydrogen) atoms. The maximum absolute atomic E-state index is 11.0. The molecule has 2 heterocycles. The van der Waals surface area contributed by atoms with Gasteiger partial charge < -0.3 is 9.88 Å². The summed E-state index contributed by atoms with van der Waals surface area (Å²) in [6.07, 6.45) is 4.79. The first-order valence-corrected chi connectivity index (χ1v) is 7.01. The van der Waals surface area contributed by atoms with Crippen molar-refractivity contribution in [2.24, 2.45) is 0 Å². The summed E-state index contributed by atoms with van der Waals surface area (Å²) in [6.45, 7) is 2.43. The van der Waals surface area contributed by atoms with Crippen LogP contribution in [0.5, 0.6) is 0 Å². The number of hydrogen-bond acceptors (Lipinski definition) is 4. The lowest BCUT2D eigenvalue weighted by atomic mass is 10.00. The minimum absolute atomic E-state index is 0.177. The van der Waals surface area contributed by atoms with E-state index in [0.717, 1.165) is 18.8 Å². The minimum atomic E-state index is -2.90. The summed E-state index contributed by atoms with van der Waals surface area (Å²) in [4.78, 5) is 4.07. The molecular formula is C9H15N3O2S. The van der Waals surface area contributed by atoms with Crippen molar-refractivity contribution < 1.29 is 8.42 Å². The largest absolute Gasteiger partial charge is 0.333 e. The topological polar surface area (TPSA) is 64.0 Å². The van der Waals surface area contributed by atoms with Crippen molar-refractivity contribution in [3.05, 3.63) is 18.2 Å². The monoisotopic (exact) mass is 229 g/mol. The summed E-state index contributed by atoms with van der Waals surface area (Å²) in [5.74, 6) is 0.670. The van der Waals surface area contributed by atoms with Gasteiger partial charge in [-0.05, 0) is 0 Å². The molecule has 0 radical (unpaired) electrons. The Morgan fingerprint density at radius 1 is 1.60 bits per heavy atom. The van der Waals surface area contributed by atoms with Gasteiger partial charge in [0.05, 0.1) is 12.1 Å². The van der Waals surface area contributed by atoms with E-state index in [9.17, 15) is 8.42 Å². The van der Waals surface area contributed by atoms with Crippen LogP contribution < -0.4 is 5.32 Å². The van der Waals surface area contributed by atoms with Crippen LogP contribution in [0.25, 0.3) is 0 Å². The summed E-state index contributed by atoms with van der Waals surface area (Å²) in [5, 5.41) is 3.19. The van der Waals surface area contributed by atoms with Gasteiger partial charge in [-0.3, -0.25) is 0 Å². The fraction of sp³-hybridized carbons (Fsp3) is 0.667. The molecule has 1 N–H and O–H groups in total. The predicted octanol–water partition coefficient (Wildman–Crippen LogP) is -0.386. The van der Waals surface area contributed by atoms with Crippen LogP contribution in [0, 0.1) is 0 Å². The molecule has 2 rings (SSSR count). The zero-order chi connectivity index (χ0) is 10.9. The molecule has 1 saturated heterocycles. The van der Waals surface area contributed by atoms with Crippen LogP contribution in [0.2, 0.25) is 0 Å². The van der Waals surface area contributed by atoms with Crippen molar-refractivity contribution in [3.8, 4) is 0 Å². The molecule has 1 aromatic heterocycles. The number of nitrogens with zero attached hydrogens (tertiary/aromatic N) is 2. The highest BCUT2D eigenvalue weighted by molar-refractivity contribution is 7.90. The Balaban J connectivity index is 2.04. The Morgan fingerprint density at radius 3 is 2.87 bits per heavy atom. The van der Waals surface area contributed by atoms with Gasteiger partial charge in [-0.1, -0.05) is 0 Å². The summed E-state index contributed by atoms with van der Waals surface area (Å²) in [5.41, 5.74) is 1.14. The Bertz CT molecular complexity index is 434. The van der Waals surface area contributed by atoms with E-state index >= 15 is 0 Å². The fourth-order valence-corrected chi connectivity index (χ4v) is 2.15. The maximum Gasteiger partial charge on any atom is 0.149 e. The van der Waals surface area contributed by atoms with Crippen LogP contribution >= 0.6 is 0 Å². The molecule has 0 amide bonds. The third-order valence-electron chi connectivity index (χ3n) is 2.65. The smallest absolute Gasteiger partial charge is 0.149 e. The second kappa shape index (κ2) is 3.94. The lowest BCUT2D eigenvalue weighted by Crippen LogP contribution is -2.41. The van der Waals surface area contributed by atoms with E-state index in [1.54, 1.807) is 6.33 Å². The molecule has 6 heteroatoms. The lowest BCUT2D eigenvalue weighted by Gasteiger charge is -2.27. The highest BCUT2D eigenvalue weighted by atomic mass is 32.2. The van der Waals surface area contributed by atoms with Crippen molar-refractivity contribution in [2.75, 3.05) is 25.1 Å². The van der Waals surface area contributed by atoms with Crippen LogP contribution in [-0.4, -0.2) is 43.1 Å². The highest BCUT2D eigenvalue weighted by Crippen LogP contribution is 2.19. The lowest BCUT2D eigenvalue weighted by molar-refractivity contribution is 0.426. The zero-order valence-electron chi connectivity index (χ0n) is 8.68. The van der Waals surface area contributed by atoms with E-state index < -0.39 is 9.84 Å². The molecule has 84 valence electrons. The number of sulfone groups is 1. The summed E-state index contributed by atoms with van der Waals surface area (Å²) in [7, 11) is -2.90. The SMILES string of the molecule is CS(=O)(=O)CCn1cncc1C1CNC1. The molecular weight excluding hydrogens is 214 g/mol. The van der Waals surface area contributed by atoms with Crippen molar-refractivity contribution >= 4 is 9.84 Å². The van der Waals surface area contributed by atoms with E-state index in [2.05, 4.69) is 10.3 Å². The molecule has 0 bridgehead atoms. The highest BCUT2D eigenvalue weighted by Gasteiger charge is 2.22. The zero-order valence-corrected chi connectivity index (χ0v) is 9.50. The quantitative estimate of drug-likeness (QED) is 0.764. The van der Waals surface area contributed by atoms with E-state index in [4.69, 9.17) is 0 Å². The van der Waals surface area contributed by atoms with E-state index in [1.807, 2.05) is 10.8 Å². The van der Waals surface area contributed by atoms with Gasteiger partial charge in [-0.25, -0.2) is 13.4 Å². The second-order valence-corrected chi connectivity index (χ2v) is 6.26. The van der Waals surface area contributed by atoms with Crippen LogP contribution in [0.3, 0.4) is 0 Å². The third-order valence-corrected chi connectivity index (χ3v) is 3.57. The maximum atomic E-state index is 11.0. The Morgan fingerprint density at radius 2 is 2.33 bits per heavy atom. The van der Waals surface area contributed by atoms with Crippen molar-refractivity contribution in [3.63, 3.8) is 0 Å². The van der Waals surface area contributed by atoms with Gasteiger partial charge in [0.1, 0.15) is 9.84 Å². The molecule has 1 aromatic rings. The van der Waals surface area contributed by atoms with Crippen LogP contribution in [0.15, 0.2) is 12.5 Å². The van der Waals surface area contributed by atoms with E-state index in [1.165, 1.54) is 6.26 Å². The molecule has 5 nitrogen and oxygen atoms in total. The molecule has 1 fully saturated rings. The van der Waals surface area contributed by atoms with Gasteiger partial charge in [0.25, 0.3) is 0 Å². The van der Waals surface area contributed by atoms with Crippen molar-refractivity contribution in [1.29, 1.82) is 0 Å². The van der Waals surface area contributed by atoms with Crippen molar-refractivity contribution in [2.45, 2.75) is 12.5 Å². The average Bonchev–Trinajstić information content (AvgIpc) is 2.44. The fourth-order valence-electron chi connectivity index (χ4n) is 1.62. The number of imidazole rings is 1. The second-order valence-electron chi connectivity index (χ2n) is 4.00. The number of hydrogen-bond donors (Lipinski definition) is 1. The number of aryl methyl sites for hydroxylation is 1. The Hall–Kier alpha value is -0.880. The summed E-state index contributed by atoms with van der Waals surface area (Å²) >= 11 is 0. The number of aromatic nitrogens is 2. The van der Waals surface area contributed by atoms with Gasteiger partial charge in [0, 0.05) is 43.7 Å². The molecule has 0 unspecified atom stereocenters. The van der Waals surface area contributed by atoms with Gasteiger partial charge in [-0.2, -0.15) is 0 Å². The molecule has 0 spiro atoms. The van der Waals surface area contributed by atoms with Gasteiger partial charge in [0.15, 0.2) is 0 Å². The van der Waals surface area contributed by atoms with Crippen molar-refractivity contribution in [1.82, 2.24) is 14.9 Å². The molecule has 0 aliphatic carbocycles. The average molecular weight is 229 g/mol. The minimum Gasteiger partial charge on any atom is -0.333 e. The van der Waals surface area contributed by atoms with Gasteiger partial charge in [-0.15, -0.1) is 0 Å². The summed E-state index contributed by atoms with van der Waals surface area (Å²) in [6, 6.07) is 0. The first-order chi connectivity index (χ1) is 7.06. The first kappa shape index (κ1) is 10.6. The summed E-state index contributed by atoms with van der Waals surface area (Å²) < 4.78 is 24.0. The molecule has 0 saturated carbocycles. The van der Waals surface area contributed by atoms with E-state index in [0.29, 0.717) is 12.5 Å². The molecule has 1 aliphatic heterocycles. The van der Waals surface area contributed by atoms with Crippen LogP contribution in [0.1, 0.15) is 11.6 Å². The normalized spacial score (nSPS) is 17.7. The van der Waals surface area contributed by atoms with Crippen LogP contribution in [-0.2, 0) is 16.4 Å². The van der Waals surface area contributed by atoms with E-state index in [-0.39, 0.29) is 5.75 Å². The molecule has 0 aromatic carbocycles.